The van der Waals surface area contributed by atoms with E-state index in [1.165, 1.54) is 24.0 Å². The molecule has 3 N–H and O–H groups in total. The molecule has 1 saturated heterocycles. The lowest BCUT2D eigenvalue weighted by atomic mass is 9.97. The summed E-state index contributed by atoms with van der Waals surface area (Å²) in [6, 6.07) is 8.19. The summed E-state index contributed by atoms with van der Waals surface area (Å²) in [6.45, 7) is 4.31. The van der Waals surface area contributed by atoms with Crippen LogP contribution in [0, 0.1) is 17.2 Å². The van der Waals surface area contributed by atoms with Gasteiger partial charge < -0.3 is 24.8 Å². The Balaban J connectivity index is 1.59. The second-order valence-electron chi connectivity index (χ2n) is 9.43. The van der Waals surface area contributed by atoms with Crippen LogP contribution in [-0.4, -0.2) is 67.3 Å². The number of aromatic nitrogens is 4. The number of aliphatic hydroxyl groups excluding tert-OH is 1. The molecule has 1 unspecified atom stereocenters. The molecule has 2 aromatic heterocycles. The number of benzene rings is 1. The summed E-state index contributed by atoms with van der Waals surface area (Å²) in [5.41, 5.74) is 3.35. The average molecular weight is 596 g/mol. The van der Waals surface area contributed by atoms with E-state index in [1.54, 1.807) is 44.2 Å². The van der Waals surface area contributed by atoms with Crippen LogP contribution in [0.25, 0.3) is 11.2 Å². The van der Waals surface area contributed by atoms with Crippen molar-refractivity contribution in [3.8, 4) is 17.0 Å². The summed E-state index contributed by atoms with van der Waals surface area (Å²) >= 11 is 5.54. The van der Waals surface area contributed by atoms with Crippen molar-refractivity contribution in [3.05, 3.63) is 42.9 Å². The molecule has 0 saturated carbocycles. The number of para-hydroxylation sites is 1. The quantitative estimate of drug-likeness (QED) is 0.201. The molecule has 0 amide bonds. The molecular weight excluding hydrogens is 568 g/mol. The van der Waals surface area contributed by atoms with E-state index in [0.29, 0.717) is 0 Å². The van der Waals surface area contributed by atoms with Crippen molar-refractivity contribution >= 4 is 42.3 Å². The second-order valence-corrected chi connectivity index (χ2v) is 11.6. The standard InChI is InChI=1S/C25H28ClFN5O7P/c1-15(2)37-22(34)16(3)13-40(35,39-17-7-5-4-6-8-17)36-12-19-20(33)25(27,9-10-26)23(38-19)32-14-30-18-11-29-24(28)31-21(18)32/h4-8,11,14-16,19-20,23,33H,12-13H2,1-3H3,(H2,28,29,31)/t16-,19-,20+,23-,25?,40+/m1/s1. The molecule has 15 heteroatoms. The highest BCUT2D eigenvalue weighted by molar-refractivity contribution is 7.54. The van der Waals surface area contributed by atoms with Crippen LogP contribution < -0.4 is 10.3 Å². The van der Waals surface area contributed by atoms with Gasteiger partial charge in [-0.05, 0) is 43.5 Å². The van der Waals surface area contributed by atoms with E-state index < -0.39 is 50.2 Å². The number of hydrogen-bond donors (Lipinski definition) is 2. The van der Waals surface area contributed by atoms with E-state index in [4.69, 9.17) is 35.9 Å². The van der Waals surface area contributed by atoms with E-state index in [-0.39, 0.29) is 35.1 Å². The molecule has 3 heterocycles. The van der Waals surface area contributed by atoms with Gasteiger partial charge >= 0.3 is 13.6 Å². The number of nitrogens with two attached hydrogens (primary N) is 1. The number of ether oxygens (including phenoxy) is 2. The monoisotopic (exact) mass is 595 g/mol. The third kappa shape index (κ3) is 6.37. The van der Waals surface area contributed by atoms with Crippen LogP contribution in [0.2, 0.25) is 0 Å². The molecule has 12 nitrogen and oxygen atoms in total. The van der Waals surface area contributed by atoms with Gasteiger partial charge in [0.05, 0.1) is 37.3 Å². The fourth-order valence-corrected chi connectivity index (χ4v) is 6.09. The van der Waals surface area contributed by atoms with Gasteiger partial charge in [-0.2, -0.15) is 4.98 Å². The molecule has 6 atom stereocenters. The molecule has 3 aromatic rings. The van der Waals surface area contributed by atoms with Gasteiger partial charge in [-0.3, -0.25) is 13.9 Å². The first-order valence-electron chi connectivity index (χ1n) is 12.2. The smallest absolute Gasteiger partial charge is 0.380 e. The van der Waals surface area contributed by atoms with Gasteiger partial charge in [0, 0.05) is 5.38 Å². The lowest BCUT2D eigenvalue weighted by Gasteiger charge is -2.24. The number of carbonyl (C=O) groups excluding carboxylic acids is 1. The molecule has 1 aliphatic heterocycles. The predicted octanol–water partition coefficient (Wildman–Crippen LogP) is 3.45. The molecule has 1 aromatic carbocycles. The van der Waals surface area contributed by atoms with Gasteiger partial charge in [-0.15, -0.1) is 0 Å². The molecular formula is C25H28ClFN5O7P. The Morgan fingerprint density at radius 3 is 2.73 bits per heavy atom. The van der Waals surface area contributed by atoms with E-state index in [1.807, 2.05) is 5.38 Å². The van der Waals surface area contributed by atoms with E-state index in [2.05, 4.69) is 20.9 Å². The average Bonchev–Trinajstić information content (AvgIpc) is 3.41. The summed E-state index contributed by atoms with van der Waals surface area (Å²) in [6.07, 6.45) is -3.06. The van der Waals surface area contributed by atoms with E-state index >= 15 is 4.39 Å². The molecule has 0 bridgehead atoms. The Bertz CT molecular complexity index is 1470. The Morgan fingerprint density at radius 2 is 2.05 bits per heavy atom. The first-order valence-corrected chi connectivity index (χ1v) is 14.4. The minimum atomic E-state index is -4.09. The van der Waals surface area contributed by atoms with Gasteiger partial charge in [0.2, 0.25) is 11.6 Å². The SMILES string of the molecule is CC(C)OC(=O)[C@H](C)C[P@](=O)(OC[C@H]1O[C@@H](n2cnc3cnc(N)nc32)C(F)(C#CCl)[C@H]1O)Oc1ccccc1. The van der Waals surface area contributed by atoms with Gasteiger partial charge in [0.25, 0.3) is 0 Å². The van der Waals surface area contributed by atoms with Crippen LogP contribution in [0.5, 0.6) is 5.75 Å². The number of nitrogens with zero attached hydrogens (tertiary/aromatic N) is 4. The van der Waals surface area contributed by atoms with Crippen LogP contribution in [0.1, 0.15) is 27.0 Å². The number of rotatable bonds is 10. The van der Waals surface area contributed by atoms with Gasteiger partial charge in [0.1, 0.15) is 23.5 Å². The predicted molar refractivity (Wildman–Crippen MR) is 143 cm³/mol. The number of imidazole rings is 1. The molecule has 1 aliphatic rings. The van der Waals surface area contributed by atoms with Crippen LogP contribution in [0.3, 0.4) is 0 Å². The van der Waals surface area contributed by atoms with Gasteiger partial charge in [-0.25, -0.2) is 18.9 Å². The minimum absolute atomic E-state index is 0.0929. The number of alkyl halides is 1. The third-order valence-electron chi connectivity index (χ3n) is 5.95. The lowest BCUT2D eigenvalue weighted by molar-refractivity contribution is -0.151. The van der Waals surface area contributed by atoms with Gasteiger partial charge in [-0.1, -0.05) is 25.1 Å². The molecule has 0 radical (unpaired) electrons. The fourth-order valence-electron chi connectivity index (χ4n) is 4.08. The zero-order chi connectivity index (χ0) is 29.1. The zero-order valence-electron chi connectivity index (χ0n) is 21.8. The summed E-state index contributed by atoms with van der Waals surface area (Å²) in [5, 5.41) is 12.9. The highest BCUT2D eigenvalue weighted by atomic mass is 35.5. The van der Waals surface area contributed by atoms with Crippen molar-refractivity contribution < 1.29 is 37.4 Å². The number of anilines is 1. The lowest BCUT2D eigenvalue weighted by Crippen LogP contribution is -2.42. The first-order chi connectivity index (χ1) is 19.0. The molecule has 4 rings (SSSR count). The number of esters is 1. The Kier molecular flexibility index (Phi) is 8.97. The van der Waals surface area contributed by atoms with Crippen LogP contribution in [-0.2, 0) is 23.4 Å². The number of carbonyl (C=O) groups is 1. The summed E-state index contributed by atoms with van der Waals surface area (Å²) in [4.78, 5) is 24.5. The maximum atomic E-state index is 16.2. The number of halogens is 2. The number of fused-ring (bicyclic) bond motifs is 1. The summed E-state index contributed by atoms with van der Waals surface area (Å²) in [5.74, 6) is 0.812. The maximum Gasteiger partial charge on any atom is 0.380 e. The van der Waals surface area contributed by atoms with Crippen molar-refractivity contribution in [2.45, 2.75) is 51.0 Å². The second kappa shape index (κ2) is 12.1. The van der Waals surface area contributed by atoms with Crippen molar-refractivity contribution in [3.63, 3.8) is 0 Å². The van der Waals surface area contributed by atoms with Crippen LogP contribution in [0.4, 0.5) is 10.3 Å². The summed E-state index contributed by atoms with van der Waals surface area (Å²) in [7, 11) is -4.09. The topological polar surface area (TPSA) is 161 Å². The molecule has 0 aliphatic carbocycles. The summed E-state index contributed by atoms with van der Waals surface area (Å²) < 4.78 is 53.7. The number of aliphatic hydroxyl groups is 1. The normalized spacial score (nSPS) is 24.7. The van der Waals surface area contributed by atoms with Crippen molar-refractivity contribution in [1.29, 1.82) is 0 Å². The first kappa shape index (κ1) is 29.7. The third-order valence-corrected chi connectivity index (χ3v) is 8.07. The van der Waals surface area contributed by atoms with Crippen LogP contribution >= 0.6 is 19.2 Å². The number of nitrogen functional groups attached to an aromatic ring is 1. The highest BCUT2D eigenvalue weighted by Crippen LogP contribution is 2.51. The Hall–Kier alpha value is -3.27. The number of hydrogen-bond acceptors (Lipinski definition) is 11. The molecule has 214 valence electrons. The van der Waals surface area contributed by atoms with Gasteiger partial charge in [0.15, 0.2) is 11.9 Å². The van der Waals surface area contributed by atoms with E-state index in [9.17, 15) is 14.5 Å². The van der Waals surface area contributed by atoms with Crippen molar-refractivity contribution in [2.24, 2.45) is 5.92 Å². The Labute approximate surface area is 234 Å². The maximum absolute atomic E-state index is 16.2. The molecule has 0 spiro atoms. The highest BCUT2D eigenvalue weighted by Gasteiger charge is 2.58. The molecule has 40 heavy (non-hydrogen) atoms. The van der Waals surface area contributed by atoms with Crippen LogP contribution in [0.15, 0.2) is 42.9 Å². The largest absolute Gasteiger partial charge is 0.463 e. The van der Waals surface area contributed by atoms with Crippen molar-refractivity contribution in [2.75, 3.05) is 18.5 Å². The fraction of sp³-hybridized carbons (Fsp3) is 0.440. The Morgan fingerprint density at radius 1 is 1.32 bits per heavy atom. The van der Waals surface area contributed by atoms with Crippen molar-refractivity contribution in [1.82, 2.24) is 19.5 Å². The minimum Gasteiger partial charge on any atom is -0.463 e. The molecule has 1 fully saturated rings. The zero-order valence-corrected chi connectivity index (χ0v) is 23.5. The van der Waals surface area contributed by atoms with E-state index in [0.717, 1.165) is 0 Å².